The van der Waals surface area contributed by atoms with E-state index in [4.69, 9.17) is 4.74 Å². The number of morpholine rings is 1. The zero-order valence-corrected chi connectivity index (χ0v) is 19.9. The van der Waals surface area contributed by atoms with E-state index in [-0.39, 0.29) is 24.2 Å². The predicted octanol–water partition coefficient (Wildman–Crippen LogP) is 3.44. The summed E-state index contributed by atoms with van der Waals surface area (Å²) in [6.07, 6.45) is 1.22. The van der Waals surface area contributed by atoms with Gasteiger partial charge < -0.3 is 14.8 Å². The maximum absolute atomic E-state index is 12.9. The number of halogens is 3. The first kappa shape index (κ1) is 26.2. The maximum atomic E-state index is 12.9. The zero-order chi connectivity index (χ0) is 26.4. The fraction of sp³-hybridized carbons (Fsp3) is 0.320. The lowest BCUT2D eigenvalue weighted by Gasteiger charge is -2.26. The SMILES string of the molecule is Cc1ccncc1-c1cnc(CC(=O)c2ccc(OC(F)(F)F)c(NC(=O)CN3CCOCC3)c2)cn1. The summed E-state index contributed by atoms with van der Waals surface area (Å²) in [5.41, 5.74) is 2.59. The van der Waals surface area contributed by atoms with Gasteiger partial charge in [0.15, 0.2) is 11.5 Å². The van der Waals surface area contributed by atoms with E-state index in [1.807, 2.05) is 17.9 Å². The average molecular weight is 515 g/mol. The number of benzene rings is 1. The summed E-state index contributed by atoms with van der Waals surface area (Å²) in [6.45, 7) is 3.86. The number of nitrogens with one attached hydrogen (secondary N) is 1. The lowest BCUT2D eigenvalue weighted by Crippen LogP contribution is -2.41. The van der Waals surface area contributed by atoms with Gasteiger partial charge in [0.2, 0.25) is 5.91 Å². The number of hydrogen-bond donors (Lipinski definition) is 1. The number of ether oxygens (including phenoxy) is 2. The Morgan fingerprint density at radius 3 is 2.57 bits per heavy atom. The Balaban J connectivity index is 1.49. The number of rotatable bonds is 8. The minimum Gasteiger partial charge on any atom is -0.404 e. The molecule has 9 nitrogen and oxygen atoms in total. The van der Waals surface area contributed by atoms with Crippen molar-refractivity contribution in [2.24, 2.45) is 0 Å². The molecule has 0 aliphatic carbocycles. The van der Waals surface area contributed by atoms with Crippen molar-refractivity contribution in [2.45, 2.75) is 19.7 Å². The first-order chi connectivity index (χ1) is 17.7. The molecule has 37 heavy (non-hydrogen) atoms. The van der Waals surface area contributed by atoms with Gasteiger partial charge in [0.1, 0.15) is 0 Å². The average Bonchev–Trinajstić information content (AvgIpc) is 2.86. The van der Waals surface area contributed by atoms with E-state index in [1.165, 1.54) is 24.5 Å². The van der Waals surface area contributed by atoms with Crippen LogP contribution in [0.25, 0.3) is 11.3 Å². The topological polar surface area (TPSA) is 107 Å². The molecule has 1 N–H and O–H groups in total. The molecular formula is C25H24F3N5O4. The second-order valence-electron chi connectivity index (χ2n) is 8.38. The molecular weight excluding hydrogens is 491 g/mol. The number of hydrogen-bond acceptors (Lipinski definition) is 8. The highest BCUT2D eigenvalue weighted by Crippen LogP contribution is 2.31. The van der Waals surface area contributed by atoms with Crippen molar-refractivity contribution >= 4 is 17.4 Å². The van der Waals surface area contributed by atoms with Crippen molar-refractivity contribution in [3.63, 3.8) is 0 Å². The zero-order valence-electron chi connectivity index (χ0n) is 19.9. The highest BCUT2D eigenvalue weighted by atomic mass is 19.4. The summed E-state index contributed by atoms with van der Waals surface area (Å²) in [5, 5.41) is 2.44. The van der Waals surface area contributed by atoms with Gasteiger partial charge in [-0.3, -0.25) is 29.4 Å². The highest BCUT2D eigenvalue weighted by molar-refractivity contribution is 6.00. The third-order valence-electron chi connectivity index (χ3n) is 5.63. The van der Waals surface area contributed by atoms with E-state index >= 15 is 0 Å². The molecule has 0 unspecified atom stereocenters. The minimum absolute atomic E-state index is 0.0364. The summed E-state index contributed by atoms with van der Waals surface area (Å²) in [7, 11) is 0. The number of amides is 1. The second kappa shape index (κ2) is 11.4. The molecule has 194 valence electrons. The first-order valence-corrected chi connectivity index (χ1v) is 11.4. The van der Waals surface area contributed by atoms with Gasteiger partial charge in [0, 0.05) is 42.8 Å². The third kappa shape index (κ3) is 7.30. The molecule has 0 radical (unpaired) electrons. The molecule has 0 bridgehead atoms. The summed E-state index contributed by atoms with van der Waals surface area (Å²) in [6, 6.07) is 5.23. The Hall–Kier alpha value is -3.90. The number of anilines is 1. The van der Waals surface area contributed by atoms with E-state index in [1.54, 1.807) is 12.4 Å². The highest BCUT2D eigenvalue weighted by Gasteiger charge is 2.32. The fourth-order valence-corrected chi connectivity index (χ4v) is 3.75. The Bertz CT molecular complexity index is 1260. The number of alkyl halides is 3. The second-order valence-corrected chi connectivity index (χ2v) is 8.38. The van der Waals surface area contributed by atoms with E-state index < -0.39 is 23.8 Å². The maximum Gasteiger partial charge on any atom is 0.573 e. The van der Waals surface area contributed by atoms with E-state index in [2.05, 4.69) is 25.0 Å². The number of aromatic nitrogens is 3. The Labute approximate surface area is 210 Å². The summed E-state index contributed by atoms with van der Waals surface area (Å²) >= 11 is 0. The van der Waals surface area contributed by atoms with Crippen LogP contribution in [0.4, 0.5) is 18.9 Å². The quantitative estimate of drug-likeness (QED) is 0.455. The number of aryl methyl sites for hydroxylation is 1. The van der Waals surface area contributed by atoms with E-state index in [0.717, 1.165) is 17.2 Å². The molecule has 4 rings (SSSR count). The van der Waals surface area contributed by atoms with Crippen LogP contribution in [0.2, 0.25) is 0 Å². The van der Waals surface area contributed by atoms with Crippen molar-refractivity contribution in [1.82, 2.24) is 19.9 Å². The van der Waals surface area contributed by atoms with Crippen LogP contribution >= 0.6 is 0 Å². The molecule has 12 heteroatoms. The third-order valence-corrected chi connectivity index (χ3v) is 5.63. The summed E-state index contributed by atoms with van der Waals surface area (Å²) in [4.78, 5) is 39.9. The predicted molar refractivity (Wildman–Crippen MR) is 127 cm³/mol. The number of carbonyl (C=O) groups is 2. The lowest BCUT2D eigenvalue weighted by molar-refractivity contribution is -0.274. The number of nitrogens with zero attached hydrogens (tertiary/aromatic N) is 4. The fourth-order valence-electron chi connectivity index (χ4n) is 3.75. The molecule has 1 saturated heterocycles. The minimum atomic E-state index is -4.97. The Kier molecular flexibility index (Phi) is 8.09. The smallest absolute Gasteiger partial charge is 0.404 e. The van der Waals surface area contributed by atoms with Gasteiger partial charge in [0.05, 0.1) is 49.5 Å². The van der Waals surface area contributed by atoms with Crippen molar-refractivity contribution in [3.05, 3.63) is 65.9 Å². The molecule has 2 aromatic heterocycles. The lowest BCUT2D eigenvalue weighted by atomic mass is 10.1. The van der Waals surface area contributed by atoms with Gasteiger partial charge in [-0.15, -0.1) is 13.2 Å². The number of ketones is 1. The summed E-state index contributed by atoms with van der Waals surface area (Å²) < 4.78 is 48.0. The van der Waals surface area contributed by atoms with Crippen LogP contribution in [0.3, 0.4) is 0 Å². The van der Waals surface area contributed by atoms with Crippen molar-refractivity contribution < 1.29 is 32.2 Å². The number of Topliss-reactive ketones (excluding diaryl/α,β-unsaturated/α-hetero) is 1. The first-order valence-electron chi connectivity index (χ1n) is 11.4. The van der Waals surface area contributed by atoms with Gasteiger partial charge in [-0.1, -0.05) is 0 Å². The van der Waals surface area contributed by atoms with Crippen molar-refractivity contribution in [2.75, 3.05) is 38.2 Å². The van der Waals surface area contributed by atoms with E-state index in [0.29, 0.717) is 37.7 Å². The standard InChI is InChI=1S/C25H24F3N5O4/c1-16-4-5-29-13-19(16)21-14-30-18(12-31-21)11-22(34)17-2-3-23(37-25(26,27)28)20(10-17)32-24(35)15-33-6-8-36-9-7-33/h2-5,10,12-14H,6-9,11,15H2,1H3,(H,32,35). The van der Waals surface area contributed by atoms with Crippen LogP contribution < -0.4 is 10.1 Å². The normalized spacial score (nSPS) is 14.3. The van der Waals surface area contributed by atoms with Gasteiger partial charge in [-0.25, -0.2) is 0 Å². The van der Waals surface area contributed by atoms with Gasteiger partial charge in [0.25, 0.3) is 0 Å². The van der Waals surface area contributed by atoms with Crippen LogP contribution in [-0.2, 0) is 16.0 Å². The molecule has 1 amide bonds. The molecule has 3 aromatic rings. The van der Waals surface area contributed by atoms with Crippen LogP contribution in [0.15, 0.2) is 49.1 Å². The monoisotopic (exact) mass is 515 g/mol. The number of pyridine rings is 1. The molecule has 1 aliphatic rings. The van der Waals surface area contributed by atoms with Gasteiger partial charge in [-0.05, 0) is 36.8 Å². The Morgan fingerprint density at radius 1 is 1.11 bits per heavy atom. The van der Waals surface area contributed by atoms with Crippen molar-refractivity contribution in [1.29, 1.82) is 0 Å². The number of carbonyl (C=O) groups excluding carboxylic acids is 2. The van der Waals surface area contributed by atoms with Crippen LogP contribution in [-0.4, -0.2) is 70.8 Å². The molecule has 0 atom stereocenters. The molecule has 1 aromatic carbocycles. The molecule has 1 fully saturated rings. The van der Waals surface area contributed by atoms with Crippen LogP contribution in [0, 0.1) is 6.92 Å². The van der Waals surface area contributed by atoms with Gasteiger partial charge >= 0.3 is 6.36 Å². The van der Waals surface area contributed by atoms with Crippen LogP contribution in [0.1, 0.15) is 21.6 Å². The Morgan fingerprint density at radius 2 is 1.89 bits per heavy atom. The molecule has 1 aliphatic heterocycles. The largest absolute Gasteiger partial charge is 0.573 e. The summed E-state index contributed by atoms with van der Waals surface area (Å²) in [5.74, 6) is -1.57. The molecule has 3 heterocycles. The van der Waals surface area contributed by atoms with Crippen LogP contribution in [0.5, 0.6) is 5.75 Å². The van der Waals surface area contributed by atoms with E-state index in [9.17, 15) is 22.8 Å². The van der Waals surface area contributed by atoms with Crippen molar-refractivity contribution in [3.8, 4) is 17.0 Å². The molecule has 0 spiro atoms. The van der Waals surface area contributed by atoms with Gasteiger partial charge in [-0.2, -0.15) is 0 Å². The molecule has 0 saturated carbocycles.